The molecule has 5 heterocycles. The van der Waals surface area contributed by atoms with Crippen LogP contribution in [-0.2, 0) is 11.3 Å². The summed E-state index contributed by atoms with van der Waals surface area (Å²) in [5.74, 6) is 2.31. The van der Waals surface area contributed by atoms with Crippen LogP contribution in [0.2, 0.25) is 0 Å². The molecule has 0 amide bonds. The summed E-state index contributed by atoms with van der Waals surface area (Å²) in [7, 11) is 1.72. The Hall–Kier alpha value is -2.98. The van der Waals surface area contributed by atoms with Crippen LogP contribution in [0.3, 0.4) is 0 Å². The Morgan fingerprint density at radius 3 is 2.76 bits per heavy atom. The van der Waals surface area contributed by atoms with Gasteiger partial charge in [0.15, 0.2) is 5.82 Å². The first-order valence-electron chi connectivity index (χ1n) is 13.6. The maximum absolute atomic E-state index is 5.94. The van der Waals surface area contributed by atoms with Crippen LogP contribution in [-0.4, -0.2) is 75.6 Å². The van der Waals surface area contributed by atoms with Crippen LogP contribution in [0.15, 0.2) is 18.5 Å². The number of nitrogens with one attached hydrogen (secondary N) is 1. The first kappa shape index (κ1) is 24.4. The number of likely N-dealkylation sites (tertiary alicyclic amines) is 1. The van der Waals surface area contributed by atoms with Gasteiger partial charge in [0.05, 0.1) is 19.9 Å². The number of ether oxygens (including phenoxy) is 2. The Labute approximate surface area is 217 Å². The molecule has 1 saturated carbocycles. The molecule has 0 radical (unpaired) electrons. The second-order valence-corrected chi connectivity index (χ2v) is 11.0. The number of anilines is 2. The molecular formula is C27H38N8O2. The lowest BCUT2D eigenvalue weighted by molar-refractivity contribution is -0.112. The lowest BCUT2D eigenvalue weighted by atomic mass is 9.56. The molecule has 0 atom stereocenters. The van der Waals surface area contributed by atoms with Gasteiger partial charge >= 0.3 is 0 Å². The number of aromatic nitrogens is 5. The van der Waals surface area contributed by atoms with E-state index in [0.29, 0.717) is 23.7 Å². The minimum atomic E-state index is 0.242. The fourth-order valence-electron chi connectivity index (χ4n) is 6.40. The molecule has 0 aromatic carbocycles. The van der Waals surface area contributed by atoms with Crippen molar-refractivity contribution < 1.29 is 9.47 Å². The van der Waals surface area contributed by atoms with E-state index in [4.69, 9.17) is 20.2 Å². The Morgan fingerprint density at radius 1 is 1.19 bits per heavy atom. The first-order chi connectivity index (χ1) is 18.1. The average Bonchev–Trinajstić information content (AvgIpc) is 3.26. The van der Waals surface area contributed by atoms with E-state index < -0.39 is 0 Å². The number of hydrogen-bond donors (Lipinski definition) is 2. The SMILES string of the molecule is CCCCNc1nc(N)nc2cnn(Cc3ncc(C4CC5(C4)CN(C4CCOCC4)C5)cc3OC)c12. The highest BCUT2D eigenvalue weighted by atomic mass is 16.5. The van der Waals surface area contributed by atoms with Gasteiger partial charge in [-0.2, -0.15) is 10.1 Å². The molecule has 2 saturated heterocycles. The number of methoxy groups -OCH3 is 1. The summed E-state index contributed by atoms with van der Waals surface area (Å²) in [6, 6.07) is 2.90. The zero-order valence-electron chi connectivity index (χ0n) is 21.9. The smallest absolute Gasteiger partial charge is 0.222 e. The number of nitrogens with zero attached hydrogens (tertiary/aromatic N) is 6. The van der Waals surface area contributed by atoms with Gasteiger partial charge in [-0.3, -0.25) is 14.6 Å². The third kappa shape index (κ3) is 4.72. The molecule has 2 aliphatic heterocycles. The topological polar surface area (TPSA) is 116 Å². The van der Waals surface area contributed by atoms with Gasteiger partial charge in [0.2, 0.25) is 5.95 Å². The van der Waals surface area contributed by atoms with Crippen LogP contribution in [0.1, 0.15) is 62.6 Å². The lowest BCUT2D eigenvalue weighted by Crippen LogP contribution is -2.64. The van der Waals surface area contributed by atoms with Gasteiger partial charge in [0.25, 0.3) is 0 Å². The second-order valence-electron chi connectivity index (χ2n) is 11.0. The van der Waals surface area contributed by atoms with Crippen molar-refractivity contribution in [3.63, 3.8) is 0 Å². The lowest BCUT2D eigenvalue weighted by Gasteiger charge is -2.61. The average molecular weight is 507 g/mol. The van der Waals surface area contributed by atoms with E-state index in [-0.39, 0.29) is 5.95 Å². The number of nitrogen functional groups attached to an aromatic ring is 1. The summed E-state index contributed by atoms with van der Waals surface area (Å²) in [5.41, 5.74) is 10.1. The van der Waals surface area contributed by atoms with E-state index >= 15 is 0 Å². The normalized spacial score (nSPS) is 20.2. The van der Waals surface area contributed by atoms with Crippen molar-refractivity contribution in [3.8, 4) is 5.75 Å². The molecule has 3 fully saturated rings. The minimum Gasteiger partial charge on any atom is -0.495 e. The van der Waals surface area contributed by atoms with Crippen molar-refractivity contribution in [2.75, 3.05) is 51.0 Å². The fourth-order valence-corrected chi connectivity index (χ4v) is 6.40. The summed E-state index contributed by atoms with van der Waals surface area (Å²) in [6.45, 7) is 7.77. The maximum Gasteiger partial charge on any atom is 0.222 e. The van der Waals surface area contributed by atoms with Crippen molar-refractivity contribution in [1.29, 1.82) is 0 Å². The van der Waals surface area contributed by atoms with Crippen LogP contribution < -0.4 is 15.8 Å². The largest absolute Gasteiger partial charge is 0.495 e. The third-order valence-corrected chi connectivity index (χ3v) is 8.41. The van der Waals surface area contributed by atoms with Gasteiger partial charge in [-0.1, -0.05) is 13.3 Å². The summed E-state index contributed by atoms with van der Waals surface area (Å²) >= 11 is 0. The zero-order chi connectivity index (χ0) is 25.4. The van der Waals surface area contributed by atoms with Gasteiger partial charge in [-0.05, 0) is 55.1 Å². The summed E-state index contributed by atoms with van der Waals surface area (Å²) in [5, 5.41) is 7.97. The van der Waals surface area contributed by atoms with Gasteiger partial charge in [-0.25, -0.2) is 4.98 Å². The number of pyridine rings is 1. The molecule has 3 aromatic heterocycles. The summed E-state index contributed by atoms with van der Waals surface area (Å²) in [6.07, 6.45) is 10.8. The Kier molecular flexibility index (Phi) is 6.62. The monoisotopic (exact) mass is 506 g/mol. The first-order valence-corrected chi connectivity index (χ1v) is 13.6. The van der Waals surface area contributed by atoms with Crippen LogP contribution in [0, 0.1) is 5.41 Å². The number of rotatable bonds is 9. The number of nitrogens with two attached hydrogens (primary N) is 1. The molecule has 198 valence electrons. The highest BCUT2D eigenvalue weighted by molar-refractivity contribution is 5.86. The van der Waals surface area contributed by atoms with E-state index in [1.807, 2.05) is 10.9 Å². The molecule has 3 aliphatic rings. The predicted octanol–water partition coefficient (Wildman–Crippen LogP) is 3.43. The van der Waals surface area contributed by atoms with Gasteiger partial charge in [0.1, 0.15) is 22.5 Å². The summed E-state index contributed by atoms with van der Waals surface area (Å²) < 4.78 is 13.2. The van der Waals surface area contributed by atoms with Crippen molar-refractivity contribution in [2.45, 2.75) is 64.0 Å². The molecule has 0 unspecified atom stereocenters. The second kappa shape index (κ2) is 10.1. The Balaban J connectivity index is 1.14. The molecule has 0 bridgehead atoms. The zero-order valence-corrected chi connectivity index (χ0v) is 21.9. The van der Waals surface area contributed by atoms with E-state index in [1.54, 1.807) is 13.3 Å². The Morgan fingerprint density at radius 2 is 2.00 bits per heavy atom. The number of hydrogen-bond acceptors (Lipinski definition) is 9. The molecule has 10 heteroatoms. The highest BCUT2D eigenvalue weighted by Gasteiger charge is 2.53. The van der Waals surface area contributed by atoms with Crippen molar-refractivity contribution >= 4 is 22.8 Å². The third-order valence-electron chi connectivity index (χ3n) is 8.41. The van der Waals surface area contributed by atoms with Crippen LogP contribution in [0.5, 0.6) is 5.75 Å². The van der Waals surface area contributed by atoms with E-state index in [9.17, 15) is 0 Å². The van der Waals surface area contributed by atoms with Crippen LogP contribution in [0.4, 0.5) is 11.8 Å². The maximum atomic E-state index is 5.94. The molecule has 1 aliphatic carbocycles. The number of unbranched alkanes of at least 4 members (excludes halogenated alkanes) is 1. The van der Waals surface area contributed by atoms with E-state index in [1.165, 1.54) is 44.3 Å². The standard InChI is InChI=1S/C27H38N8O2/c1-3-4-7-29-25-24-21(32-26(28)33-25)14-31-35(24)15-22-23(36-2)10-18(13-30-22)19-11-27(12-19)16-34(17-27)20-5-8-37-9-6-20/h10,13-14,19-20H,3-9,11-12,15-17H2,1-2H3,(H3,28,29,32,33). The van der Waals surface area contributed by atoms with Crippen LogP contribution >= 0.6 is 0 Å². The summed E-state index contributed by atoms with van der Waals surface area (Å²) in [4.78, 5) is 16.3. The molecule has 3 N–H and O–H groups in total. The van der Waals surface area contributed by atoms with Gasteiger partial charge in [0, 0.05) is 45.1 Å². The molecule has 3 aromatic rings. The molecule has 37 heavy (non-hydrogen) atoms. The molecule has 10 nitrogen and oxygen atoms in total. The highest BCUT2D eigenvalue weighted by Crippen LogP contribution is 2.57. The minimum absolute atomic E-state index is 0.242. The molecular weight excluding hydrogens is 468 g/mol. The van der Waals surface area contributed by atoms with E-state index in [0.717, 1.165) is 61.1 Å². The van der Waals surface area contributed by atoms with Crippen LogP contribution in [0.25, 0.3) is 11.0 Å². The number of fused-ring (bicyclic) bond motifs is 1. The molecule has 1 spiro atoms. The quantitative estimate of drug-likeness (QED) is 0.421. The van der Waals surface area contributed by atoms with Crippen molar-refractivity contribution in [1.82, 2.24) is 29.6 Å². The Bertz CT molecular complexity index is 1240. The van der Waals surface area contributed by atoms with Gasteiger partial charge < -0.3 is 20.5 Å². The molecule has 6 rings (SSSR count). The predicted molar refractivity (Wildman–Crippen MR) is 143 cm³/mol. The van der Waals surface area contributed by atoms with Crippen molar-refractivity contribution in [2.24, 2.45) is 5.41 Å². The van der Waals surface area contributed by atoms with E-state index in [2.05, 4.69) is 38.3 Å². The van der Waals surface area contributed by atoms with Gasteiger partial charge in [-0.15, -0.1) is 0 Å². The fraction of sp³-hybridized carbons (Fsp3) is 0.630. The van der Waals surface area contributed by atoms with Crippen molar-refractivity contribution in [3.05, 3.63) is 29.7 Å².